The van der Waals surface area contributed by atoms with Gasteiger partial charge in [0.2, 0.25) is 0 Å². The van der Waals surface area contributed by atoms with Crippen LogP contribution in [0.1, 0.15) is 5.56 Å². The van der Waals surface area contributed by atoms with Crippen molar-refractivity contribution in [3.63, 3.8) is 0 Å². The van der Waals surface area contributed by atoms with E-state index >= 15 is 0 Å². The number of nitrogens with zero attached hydrogens (tertiary/aromatic N) is 2. The third-order valence-corrected chi connectivity index (χ3v) is 0.932. The van der Waals surface area contributed by atoms with Crippen molar-refractivity contribution in [3.8, 4) is 0 Å². The number of carbonyl (C=O) groups is 1. The lowest BCUT2D eigenvalue weighted by atomic mass is 10.4. The highest BCUT2D eigenvalue weighted by atomic mass is 16.5. The fourth-order valence-electron chi connectivity index (χ4n) is 0.535. The number of ether oxygens (including phenoxy) is 1. The Bertz CT molecular complexity index is 200. The van der Waals surface area contributed by atoms with Crippen molar-refractivity contribution in [3.05, 3.63) is 24.3 Å². The van der Waals surface area contributed by atoms with E-state index in [1.54, 1.807) is 12.4 Å². The molecule has 0 N–H and O–H groups in total. The van der Waals surface area contributed by atoms with Gasteiger partial charge in [-0.25, -0.2) is 9.97 Å². The first-order valence-corrected chi connectivity index (χ1v) is 2.72. The number of rotatable bonds is 3. The van der Waals surface area contributed by atoms with E-state index in [9.17, 15) is 4.79 Å². The second kappa shape index (κ2) is 3.55. The van der Waals surface area contributed by atoms with Crippen LogP contribution in [0.5, 0.6) is 0 Å². The number of aromatic nitrogens is 2. The maximum atomic E-state index is 9.72. The highest BCUT2D eigenvalue weighted by molar-refractivity contribution is 5.37. The van der Waals surface area contributed by atoms with E-state index in [0.717, 1.165) is 5.56 Å². The Morgan fingerprint density at radius 3 is 2.80 bits per heavy atom. The molecule has 0 spiro atoms. The first-order chi connectivity index (χ1) is 4.93. The molecule has 0 fully saturated rings. The minimum Gasteiger partial charge on any atom is -0.463 e. The quantitative estimate of drug-likeness (QED) is 0.558. The summed E-state index contributed by atoms with van der Waals surface area (Å²) in [4.78, 5) is 17.2. The van der Waals surface area contributed by atoms with Gasteiger partial charge in [-0.3, -0.25) is 4.79 Å². The summed E-state index contributed by atoms with van der Waals surface area (Å²) in [5, 5.41) is 0. The van der Waals surface area contributed by atoms with Crippen LogP contribution in [0.2, 0.25) is 0 Å². The second-order valence-corrected chi connectivity index (χ2v) is 1.65. The van der Waals surface area contributed by atoms with E-state index in [4.69, 9.17) is 0 Å². The Balaban J connectivity index is 2.50. The summed E-state index contributed by atoms with van der Waals surface area (Å²) >= 11 is 0. The van der Waals surface area contributed by atoms with Gasteiger partial charge in [0.1, 0.15) is 12.9 Å². The van der Waals surface area contributed by atoms with Gasteiger partial charge in [-0.15, -0.1) is 0 Å². The van der Waals surface area contributed by atoms with Crippen LogP contribution >= 0.6 is 0 Å². The monoisotopic (exact) mass is 138 g/mol. The third-order valence-electron chi connectivity index (χ3n) is 0.932. The minimum absolute atomic E-state index is 0.240. The maximum absolute atomic E-state index is 9.72. The molecule has 0 aliphatic rings. The topological polar surface area (TPSA) is 52.1 Å². The first kappa shape index (κ1) is 6.67. The van der Waals surface area contributed by atoms with Crippen molar-refractivity contribution in [1.82, 2.24) is 9.97 Å². The van der Waals surface area contributed by atoms with Crippen molar-refractivity contribution in [2.24, 2.45) is 0 Å². The summed E-state index contributed by atoms with van der Waals surface area (Å²) in [6.45, 7) is 0.636. The van der Waals surface area contributed by atoms with E-state index in [1.807, 2.05) is 0 Å². The molecule has 0 aliphatic heterocycles. The molecule has 52 valence electrons. The van der Waals surface area contributed by atoms with Crippen LogP contribution in [-0.2, 0) is 16.1 Å². The predicted octanol–water partition coefficient (Wildman–Crippen LogP) is 0.150. The van der Waals surface area contributed by atoms with Crippen molar-refractivity contribution in [1.29, 1.82) is 0 Å². The van der Waals surface area contributed by atoms with Gasteiger partial charge in [0.05, 0.1) is 0 Å². The van der Waals surface area contributed by atoms with Crippen LogP contribution in [0, 0.1) is 0 Å². The van der Waals surface area contributed by atoms with E-state index in [1.165, 1.54) is 6.33 Å². The molecule has 0 saturated carbocycles. The largest absolute Gasteiger partial charge is 0.463 e. The zero-order chi connectivity index (χ0) is 7.23. The molecule has 1 heterocycles. The van der Waals surface area contributed by atoms with Gasteiger partial charge in [0, 0.05) is 18.0 Å². The molecule has 1 aromatic heterocycles. The van der Waals surface area contributed by atoms with Gasteiger partial charge < -0.3 is 4.74 Å². The van der Waals surface area contributed by atoms with Gasteiger partial charge in [-0.2, -0.15) is 0 Å². The molecule has 0 aliphatic carbocycles. The number of carbonyl (C=O) groups excluding carboxylic acids is 1. The molecule has 0 aromatic carbocycles. The van der Waals surface area contributed by atoms with Crippen LogP contribution in [0.15, 0.2) is 18.7 Å². The van der Waals surface area contributed by atoms with E-state index in [0.29, 0.717) is 6.47 Å². The average Bonchev–Trinajstić information content (AvgIpc) is 2.03. The second-order valence-electron chi connectivity index (χ2n) is 1.65. The summed E-state index contributed by atoms with van der Waals surface area (Å²) in [7, 11) is 0. The molecule has 0 radical (unpaired) electrons. The third kappa shape index (κ3) is 1.81. The molecule has 1 aromatic rings. The molecule has 4 heteroatoms. The molecule has 0 atom stereocenters. The Morgan fingerprint density at radius 2 is 2.20 bits per heavy atom. The predicted molar refractivity (Wildman–Crippen MR) is 32.9 cm³/mol. The highest BCUT2D eigenvalue weighted by Gasteiger charge is 1.89. The molecule has 0 bridgehead atoms. The summed E-state index contributed by atoms with van der Waals surface area (Å²) in [5.41, 5.74) is 0.787. The van der Waals surface area contributed by atoms with Gasteiger partial charge in [0.25, 0.3) is 6.47 Å². The fraction of sp³-hybridized carbons (Fsp3) is 0.167. The highest BCUT2D eigenvalue weighted by Crippen LogP contribution is 1.93. The van der Waals surface area contributed by atoms with Crippen molar-refractivity contribution in [2.75, 3.05) is 0 Å². The summed E-state index contributed by atoms with van der Waals surface area (Å²) in [6.07, 6.45) is 4.61. The zero-order valence-electron chi connectivity index (χ0n) is 5.23. The molecule has 1 rings (SSSR count). The average molecular weight is 138 g/mol. The lowest BCUT2D eigenvalue weighted by Crippen LogP contribution is -1.91. The Kier molecular flexibility index (Phi) is 2.37. The molecule has 0 amide bonds. The molecular weight excluding hydrogens is 132 g/mol. The standard InChI is InChI=1S/C6H6N2O2/c9-5-10-3-6-1-7-4-8-2-6/h1-2,4-5H,3H2. The zero-order valence-corrected chi connectivity index (χ0v) is 5.23. The summed E-state index contributed by atoms with van der Waals surface area (Å²) < 4.78 is 4.46. The van der Waals surface area contributed by atoms with Crippen LogP contribution in [0.25, 0.3) is 0 Å². The maximum Gasteiger partial charge on any atom is 0.293 e. The number of hydrogen-bond donors (Lipinski definition) is 0. The molecule has 4 nitrogen and oxygen atoms in total. The fourth-order valence-corrected chi connectivity index (χ4v) is 0.535. The van der Waals surface area contributed by atoms with Crippen LogP contribution in [0.3, 0.4) is 0 Å². The number of hydrogen-bond acceptors (Lipinski definition) is 4. The van der Waals surface area contributed by atoms with Crippen LogP contribution < -0.4 is 0 Å². The smallest absolute Gasteiger partial charge is 0.293 e. The van der Waals surface area contributed by atoms with Crippen molar-refractivity contribution >= 4 is 6.47 Å². The Hall–Kier alpha value is -1.45. The van der Waals surface area contributed by atoms with Gasteiger partial charge in [0.15, 0.2) is 0 Å². The van der Waals surface area contributed by atoms with E-state index in [2.05, 4.69) is 14.7 Å². The normalized spacial score (nSPS) is 8.80. The van der Waals surface area contributed by atoms with E-state index in [-0.39, 0.29) is 6.61 Å². The van der Waals surface area contributed by atoms with Gasteiger partial charge in [-0.05, 0) is 0 Å². The van der Waals surface area contributed by atoms with Gasteiger partial charge in [-0.1, -0.05) is 0 Å². The molecular formula is C6H6N2O2. The van der Waals surface area contributed by atoms with Crippen LogP contribution in [0.4, 0.5) is 0 Å². The minimum atomic E-state index is 0.240. The lowest BCUT2D eigenvalue weighted by molar-refractivity contribution is -0.129. The van der Waals surface area contributed by atoms with E-state index < -0.39 is 0 Å². The van der Waals surface area contributed by atoms with Crippen LogP contribution in [-0.4, -0.2) is 16.4 Å². The Labute approximate surface area is 57.9 Å². The molecule has 10 heavy (non-hydrogen) atoms. The van der Waals surface area contributed by atoms with Gasteiger partial charge >= 0.3 is 0 Å². The molecule has 0 saturated heterocycles. The SMILES string of the molecule is O=COCc1cncnc1. The summed E-state index contributed by atoms with van der Waals surface area (Å²) in [5.74, 6) is 0. The first-order valence-electron chi connectivity index (χ1n) is 2.72. The molecule has 0 unspecified atom stereocenters. The lowest BCUT2D eigenvalue weighted by Gasteiger charge is -1.94. The summed E-state index contributed by atoms with van der Waals surface area (Å²) in [6, 6.07) is 0. The van der Waals surface area contributed by atoms with Crippen molar-refractivity contribution in [2.45, 2.75) is 6.61 Å². The van der Waals surface area contributed by atoms with Crippen molar-refractivity contribution < 1.29 is 9.53 Å². The Morgan fingerprint density at radius 1 is 1.50 bits per heavy atom.